The van der Waals surface area contributed by atoms with Crippen LogP contribution in [0.5, 0.6) is 0 Å². The predicted octanol–water partition coefficient (Wildman–Crippen LogP) is 3.07. The molecule has 1 aliphatic heterocycles. The van der Waals surface area contributed by atoms with Crippen LogP contribution >= 0.6 is 11.3 Å². The summed E-state index contributed by atoms with van der Waals surface area (Å²) in [5, 5.41) is 5.92. The minimum absolute atomic E-state index is 0.0218. The summed E-state index contributed by atoms with van der Waals surface area (Å²) in [5.74, 6) is 0. The molecule has 2 aromatic heterocycles. The normalized spacial score (nSPS) is 22.1. The van der Waals surface area contributed by atoms with E-state index in [1.165, 1.54) is 30.5 Å². The van der Waals surface area contributed by atoms with Crippen LogP contribution in [-0.4, -0.2) is 33.2 Å². The third-order valence-corrected chi connectivity index (χ3v) is 5.85. The third-order valence-electron chi connectivity index (χ3n) is 4.87. The fourth-order valence-corrected chi connectivity index (χ4v) is 4.24. The van der Waals surface area contributed by atoms with E-state index in [0.29, 0.717) is 0 Å². The number of nitrogens with two attached hydrogens (primary N) is 1. The molecule has 118 valence electrons. The maximum atomic E-state index is 6.23. The second-order valence-corrected chi connectivity index (χ2v) is 7.77. The van der Waals surface area contributed by atoms with Crippen LogP contribution in [0.25, 0.3) is 10.5 Å². The molecular weight excluding hydrogens is 294 g/mol. The SMILES string of the molecule is CC1(N)CCN(c2nn3c(C4=CCCCC4)cnc3s2)CC1. The molecule has 4 rings (SSSR count). The highest BCUT2D eigenvalue weighted by Gasteiger charge is 2.28. The number of fused-ring (bicyclic) bond motifs is 1. The summed E-state index contributed by atoms with van der Waals surface area (Å²) in [7, 11) is 0. The number of nitrogens with zero attached hydrogens (tertiary/aromatic N) is 4. The number of hydrogen-bond acceptors (Lipinski definition) is 5. The number of rotatable bonds is 2. The third kappa shape index (κ3) is 2.54. The van der Waals surface area contributed by atoms with Gasteiger partial charge in [-0.2, -0.15) is 0 Å². The highest BCUT2D eigenvalue weighted by Crippen LogP contribution is 2.32. The van der Waals surface area contributed by atoms with Crippen LogP contribution in [0.1, 0.15) is 51.1 Å². The van der Waals surface area contributed by atoms with Crippen LogP contribution in [0.15, 0.2) is 12.3 Å². The van der Waals surface area contributed by atoms with E-state index in [1.54, 1.807) is 11.3 Å². The first-order valence-electron chi connectivity index (χ1n) is 8.20. The van der Waals surface area contributed by atoms with Gasteiger partial charge in [-0.15, -0.1) is 5.10 Å². The van der Waals surface area contributed by atoms with Crippen LogP contribution in [0, 0.1) is 0 Å². The van der Waals surface area contributed by atoms with Gasteiger partial charge in [-0.25, -0.2) is 9.50 Å². The Bertz CT molecular complexity index is 701. The van der Waals surface area contributed by atoms with Crippen molar-refractivity contribution in [1.29, 1.82) is 0 Å². The maximum Gasteiger partial charge on any atom is 0.214 e. The largest absolute Gasteiger partial charge is 0.347 e. The van der Waals surface area contributed by atoms with E-state index in [1.807, 2.05) is 10.7 Å². The molecule has 22 heavy (non-hydrogen) atoms. The highest BCUT2D eigenvalue weighted by atomic mass is 32.1. The first kappa shape index (κ1) is 14.2. The van der Waals surface area contributed by atoms with Crippen LogP contribution in [-0.2, 0) is 0 Å². The van der Waals surface area contributed by atoms with Crippen molar-refractivity contribution in [3.63, 3.8) is 0 Å². The molecule has 0 atom stereocenters. The molecule has 0 unspecified atom stereocenters. The average Bonchev–Trinajstić information content (AvgIpc) is 3.08. The molecule has 0 amide bonds. The van der Waals surface area contributed by atoms with Gasteiger partial charge >= 0.3 is 0 Å². The van der Waals surface area contributed by atoms with Crippen LogP contribution < -0.4 is 10.6 Å². The number of piperidine rings is 1. The number of aromatic nitrogens is 3. The summed E-state index contributed by atoms with van der Waals surface area (Å²) in [6, 6.07) is 0. The second-order valence-electron chi connectivity index (χ2n) is 6.84. The Kier molecular flexibility index (Phi) is 3.46. The Hall–Kier alpha value is -1.40. The molecular formula is C16H23N5S. The highest BCUT2D eigenvalue weighted by molar-refractivity contribution is 7.20. The average molecular weight is 317 g/mol. The summed E-state index contributed by atoms with van der Waals surface area (Å²) in [6.07, 6.45) is 11.3. The molecule has 1 saturated heterocycles. The molecule has 5 nitrogen and oxygen atoms in total. The van der Waals surface area contributed by atoms with Crippen LogP contribution in [0.2, 0.25) is 0 Å². The Morgan fingerprint density at radius 1 is 1.27 bits per heavy atom. The zero-order chi connectivity index (χ0) is 15.2. The van der Waals surface area contributed by atoms with Gasteiger partial charge in [0.1, 0.15) is 0 Å². The minimum atomic E-state index is -0.0218. The zero-order valence-electron chi connectivity index (χ0n) is 13.1. The summed E-state index contributed by atoms with van der Waals surface area (Å²) in [4.78, 5) is 7.92. The standard InChI is InChI=1S/C16H23N5S/c1-16(17)7-9-20(10-8-16)15-19-21-13(11-18-14(21)22-15)12-5-3-2-4-6-12/h5,11H,2-4,6-10,17H2,1H3. The van der Waals surface area contributed by atoms with Crippen molar-refractivity contribution in [3.05, 3.63) is 18.0 Å². The second kappa shape index (κ2) is 5.35. The van der Waals surface area contributed by atoms with Crippen molar-refractivity contribution in [2.45, 2.75) is 51.0 Å². The predicted molar refractivity (Wildman–Crippen MR) is 91.3 cm³/mol. The molecule has 1 aliphatic carbocycles. The monoisotopic (exact) mass is 317 g/mol. The van der Waals surface area contributed by atoms with Gasteiger partial charge in [0, 0.05) is 18.6 Å². The summed E-state index contributed by atoms with van der Waals surface area (Å²) < 4.78 is 2.04. The van der Waals surface area contributed by atoms with Gasteiger partial charge in [0.05, 0.1) is 11.9 Å². The minimum Gasteiger partial charge on any atom is -0.347 e. The lowest BCUT2D eigenvalue weighted by atomic mass is 9.91. The van der Waals surface area contributed by atoms with Crippen molar-refractivity contribution in [1.82, 2.24) is 14.6 Å². The van der Waals surface area contributed by atoms with Crippen molar-refractivity contribution < 1.29 is 0 Å². The maximum absolute atomic E-state index is 6.23. The molecule has 3 heterocycles. The number of allylic oxidation sites excluding steroid dienone is 2. The van der Waals surface area contributed by atoms with Gasteiger partial charge in [-0.3, -0.25) is 0 Å². The molecule has 0 spiro atoms. The van der Waals surface area contributed by atoms with Gasteiger partial charge in [-0.1, -0.05) is 17.4 Å². The molecule has 2 N–H and O–H groups in total. The lowest BCUT2D eigenvalue weighted by Gasteiger charge is -2.36. The van der Waals surface area contributed by atoms with Crippen molar-refractivity contribution in [2.75, 3.05) is 18.0 Å². The van der Waals surface area contributed by atoms with Crippen molar-refractivity contribution in [2.24, 2.45) is 5.73 Å². The smallest absolute Gasteiger partial charge is 0.214 e. The quantitative estimate of drug-likeness (QED) is 0.925. The zero-order valence-corrected chi connectivity index (χ0v) is 13.9. The summed E-state index contributed by atoms with van der Waals surface area (Å²) >= 11 is 1.69. The molecule has 0 aromatic carbocycles. The van der Waals surface area contributed by atoms with E-state index in [9.17, 15) is 0 Å². The Balaban J connectivity index is 1.62. The fraction of sp³-hybridized carbons (Fsp3) is 0.625. The van der Waals surface area contributed by atoms with Gasteiger partial charge in [-0.05, 0) is 51.0 Å². The van der Waals surface area contributed by atoms with E-state index >= 15 is 0 Å². The number of anilines is 1. The molecule has 2 aliphatic rings. The number of hydrogen-bond donors (Lipinski definition) is 1. The summed E-state index contributed by atoms with van der Waals surface area (Å²) in [6.45, 7) is 4.12. The van der Waals surface area contributed by atoms with E-state index in [-0.39, 0.29) is 5.54 Å². The first-order chi connectivity index (χ1) is 10.6. The van der Waals surface area contributed by atoms with Crippen LogP contribution in [0.3, 0.4) is 0 Å². The first-order valence-corrected chi connectivity index (χ1v) is 9.02. The van der Waals surface area contributed by atoms with E-state index in [0.717, 1.165) is 42.4 Å². The topological polar surface area (TPSA) is 59.5 Å². The van der Waals surface area contributed by atoms with Crippen molar-refractivity contribution >= 4 is 27.0 Å². The Morgan fingerprint density at radius 3 is 2.82 bits per heavy atom. The van der Waals surface area contributed by atoms with Gasteiger partial charge in [0.15, 0.2) is 0 Å². The lowest BCUT2D eigenvalue weighted by Crippen LogP contribution is -2.48. The summed E-state index contributed by atoms with van der Waals surface area (Å²) in [5.41, 5.74) is 8.79. The molecule has 0 saturated carbocycles. The van der Waals surface area contributed by atoms with Crippen LogP contribution in [0.4, 0.5) is 5.13 Å². The molecule has 0 radical (unpaired) electrons. The molecule has 2 aromatic rings. The Labute approximate surface area is 134 Å². The Morgan fingerprint density at radius 2 is 2.09 bits per heavy atom. The van der Waals surface area contributed by atoms with E-state index in [4.69, 9.17) is 10.8 Å². The molecule has 6 heteroatoms. The van der Waals surface area contributed by atoms with Gasteiger partial charge < -0.3 is 10.6 Å². The van der Waals surface area contributed by atoms with E-state index < -0.39 is 0 Å². The fourth-order valence-electron chi connectivity index (χ4n) is 3.31. The molecule has 1 fully saturated rings. The van der Waals surface area contributed by atoms with Crippen molar-refractivity contribution in [3.8, 4) is 0 Å². The van der Waals surface area contributed by atoms with Gasteiger partial charge in [0.2, 0.25) is 10.1 Å². The van der Waals surface area contributed by atoms with Gasteiger partial charge in [0.25, 0.3) is 0 Å². The van der Waals surface area contributed by atoms with E-state index in [2.05, 4.69) is 22.9 Å². The molecule has 0 bridgehead atoms. The number of imidazole rings is 1. The lowest BCUT2D eigenvalue weighted by molar-refractivity contribution is 0.363.